The minimum atomic E-state index is -1.03. The predicted molar refractivity (Wildman–Crippen MR) is 61.0 cm³/mol. The fourth-order valence-corrected chi connectivity index (χ4v) is 3.01. The largest absolute Gasteiger partial charge is 0.480 e. The van der Waals surface area contributed by atoms with Crippen molar-refractivity contribution in [2.24, 2.45) is 11.8 Å². The molecule has 0 unspecified atom stereocenters. The number of nitrogens with zero attached hydrogens (tertiary/aromatic N) is 1. The fraction of sp³-hybridized carbons (Fsp3) is 0.750. The molecule has 6 heteroatoms. The Kier molecular flexibility index (Phi) is 3.54. The number of Topliss-reactive ketones (excluding diaryl/α,β-unsaturated/α-hetero) is 1. The Bertz CT molecular complexity index is 381. The molecule has 1 amide bonds. The van der Waals surface area contributed by atoms with Gasteiger partial charge in [-0.15, -0.1) is 0 Å². The molecule has 6 nitrogen and oxygen atoms in total. The first-order valence-electron chi connectivity index (χ1n) is 6.12. The molecule has 2 fully saturated rings. The Morgan fingerprint density at radius 3 is 2.72 bits per heavy atom. The molecule has 0 spiro atoms. The summed E-state index contributed by atoms with van der Waals surface area (Å²) in [5, 5.41) is 9.17. The highest BCUT2D eigenvalue weighted by molar-refractivity contribution is 5.82. The first-order chi connectivity index (χ1) is 8.52. The average molecular weight is 255 g/mol. The van der Waals surface area contributed by atoms with Crippen molar-refractivity contribution in [2.75, 3.05) is 13.7 Å². The number of aliphatic carboxylic acids is 1. The molecular formula is C12H17NO5. The van der Waals surface area contributed by atoms with Crippen LogP contribution in [0.25, 0.3) is 0 Å². The zero-order chi connectivity index (χ0) is 13.3. The van der Waals surface area contributed by atoms with E-state index < -0.39 is 18.1 Å². The van der Waals surface area contributed by atoms with Crippen LogP contribution in [0.4, 0.5) is 4.79 Å². The van der Waals surface area contributed by atoms with Gasteiger partial charge in [-0.3, -0.25) is 9.69 Å². The van der Waals surface area contributed by atoms with Crippen molar-refractivity contribution in [3.05, 3.63) is 0 Å². The molecule has 100 valence electrons. The van der Waals surface area contributed by atoms with E-state index in [1.54, 1.807) is 0 Å². The van der Waals surface area contributed by atoms with E-state index in [2.05, 4.69) is 4.74 Å². The molecular weight excluding hydrogens is 238 g/mol. The molecule has 0 bridgehead atoms. The lowest BCUT2D eigenvalue weighted by Crippen LogP contribution is -2.54. The van der Waals surface area contributed by atoms with Gasteiger partial charge in [-0.25, -0.2) is 9.59 Å². The lowest BCUT2D eigenvalue weighted by molar-refractivity contribution is -0.147. The summed E-state index contributed by atoms with van der Waals surface area (Å²) < 4.78 is 4.63. The van der Waals surface area contributed by atoms with Crippen LogP contribution in [0.15, 0.2) is 0 Å². The number of ether oxygens (including phenoxy) is 1. The monoisotopic (exact) mass is 255 g/mol. The van der Waals surface area contributed by atoms with E-state index in [9.17, 15) is 19.5 Å². The zero-order valence-electron chi connectivity index (χ0n) is 10.3. The molecule has 1 saturated carbocycles. The molecule has 3 atom stereocenters. The molecule has 1 heterocycles. The van der Waals surface area contributed by atoms with Gasteiger partial charge in [-0.2, -0.15) is 0 Å². The van der Waals surface area contributed by atoms with Gasteiger partial charge in [0.2, 0.25) is 0 Å². The normalized spacial score (nSPS) is 31.7. The number of carboxylic acid groups (broad SMARTS) is 1. The van der Waals surface area contributed by atoms with Crippen LogP contribution in [0.1, 0.15) is 25.7 Å². The Labute approximate surface area is 105 Å². The summed E-state index contributed by atoms with van der Waals surface area (Å²) in [7, 11) is 1.25. The predicted octanol–water partition coefficient (Wildman–Crippen LogP) is 0.897. The minimum Gasteiger partial charge on any atom is -0.480 e. The summed E-state index contributed by atoms with van der Waals surface area (Å²) in [5.74, 6) is -0.519. The second-order valence-electron chi connectivity index (χ2n) is 5.01. The molecule has 1 saturated heterocycles. The van der Waals surface area contributed by atoms with E-state index in [1.165, 1.54) is 12.0 Å². The van der Waals surface area contributed by atoms with Gasteiger partial charge in [0, 0.05) is 19.4 Å². The Morgan fingerprint density at radius 1 is 1.39 bits per heavy atom. The van der Waals surface area contributed by atoms with Crippen LogP contribution in [0.3, 0.4) is 0 Å². The summed E-state index contributed by atoms with van der Waals surface area (Å²) in [5.41, 5.74) is 0. The van der Waals surface area contributed by atoms with Gasteiger partial charge in [0.15, 0.2) is 0 Å². The number of carbonyl (C=O) groups excluding carboxylic acids is 2. The van der Waals surface area contributed by atoms with Crippen molar-refractivity contribution in [3.63, 3.8) is 0 Å². The number of carbonyl (C=O) groups is 3. The number of amides is 1. The Balaban J connectivity index is 2.15. The first-order valence-corrected chi connectivity index (χ1v) is 6.12. The second kappa shape index (κ2) is 4.96. The molecule has 0 aromatic rings. The van der Waals surface area contributed by atoms with Crippen molar-refractivity contribution in [1.82, 2.24) is 4.90 Å². The lowest BCUT2D eigenvalue weighted by Gasteiger charge is -2.43. The number of ketones is 1. The van der Waals surface area contributed by atoms with Crippen LogP contribution in [0.5, 0.6) is 0 Å². The van der Waals surface area contributed by atoms with Gasteiger partial charge < -0.3 is 9.84 Å². The third-order valence-electron chi connectivity index (χ3n) is 3.98. The maximum Gasteiger partial charge on any atom is 0.410 e. The van der Waals surface area contributed by atoms with Crippen molar-refractivity contribution in [3.8, 4) is 0 Å². The van der Waals surface area contributed by atoms with E-state index in [4.69, 9.17) is 0 Å². The van der Waals surface area contributed by atoms with Crippen LogP contribution >= 0.6 is 0 Å². The molecule has 2 aliphatic rings. The molecule has 0 aromatic carbocycles. The highest BCUT2D eigenvalue weighted by Crippen LogP contribution is 2.37. The summed E-state index contributed by atoms with van der Waals surface area (Å²) in [6, 6.07) is -0.871. The number of fused-ring (bicyclic) bond motifs is 1. The molecule has 0 radical (unpaired) electrons. The minimum absolute atomic E-state index is 0.0910. The van der Waals surface area contributed by atoms with Gasteiger partial charge >= 0.3 is 12.1 Å². The molecule has 18 heavy (non-hydrogen) atoms. The first kappa shape index (κ1) is 12.9. The maximum absolute atomic E-state index is 11.6. The quantitative estimate of drug-likeness (QED) is 0.752. The van der Waals surface area contributed by atoms with Crippen LogP contribution in [-0.4, -0.2) is 47.5 Å². The molecule has 1 aliphatic carbocycles. The summed E-state index contributed by atoms with van der Waals surface area (Å²) >= 11 is 0. The van der Waals surface area contributed by atoms with Gasteiger partial charge in [-0.05, 0) is 24.7 Å². The van der Waals surface area contributed by atoms with E-state index >= 15 is 0 Å². The smallest absolute Gasteiger partial charge is 0.410 e. The third-order valence-corrected chi connectivity index (χ3v) is 3.98. The van der Waals surface area contributed by atoms with Crippen molar-refractivity contribution in [1.29, 1.82) is 0 Å². The van der Waals surface area contributed by atoms with E-state index in [1.807, 2.05) is 0 Å². The fourth-order valence-electron chi connectivity index (χ4n) is 3.01. The van der Waals surface area contributed by atoms with Gasteiger partial charge in [0.1, 0.15) is 11.8 Å². The molecule has 1 aliphatic heterocycles. The third kappa shape index (κ3) is 2.32. The number of rotatable bonds is 1. The Morgan fingerprint density at radius 2 is 2.11 bits per heavy atom. The lowest BCUT2D eigenvalue weighted by atomic mass is 9.72. The second-order valence-corrected chi connectivity index (χ2v) is 5.01. The number of carboxylic acids is 1. The summed E-state index contributed by atoms with van der Waals surface area (Å²) in [6.07, 6.45) is 1.47. The van der Waals surface area contributed by atoms with Crippen LogP contribution in [0, 0.1) is 11.8 Å². The van der Waals surface area contributed by atoms with E-state index in [0.717, 1.165) is 6.42 Å². The van der Waals surface area contributed by atoms with Crippen LogP contribution < -0.4 is 0 Å². The average Bonchev–Trinajstić information content (AvgIpc) is 2.36. The van der Waals surface area contributed by atoms with Crippen molar-refractivity contribution < 1.29 is 24.2 Å². The molecule has 0 aromatic heterocycles. The van der Waals surface area contributed by atoms with E-state index in [0.29, 0.717) is 25.8 Å². The highest BCUT2D eigenvalue weighted by atomic mass is 16.5. The Hall–Kier alpha value is -1.59. The standard InChI is InChI=1S/C12H17NO5/c1-18-12(17)13-6-7-2-3-9(14)4-8(7)5-10(13)11(15)16/h7-8,10H,2-6H2,1H3,(H,15,16)/t7-,8-,10+/m0/s1. The molecule has 2 rings (SSSR count). The number of piperidine rings is 1. The number of methoxy groups -OCH3 is 1. The van der Waals surface area contributed by atoms with E-state index in [-0.39, 0.29) is 17.6 Å². The summed E-state index contributed by atoms with van der Waals surface area (Å²) in [4.78, 5) is 35.5. The van der Waals surface area contributed by atoms with Crippen LogP contribution in [0.2, 0.25) is 0 Å². The zero-order valence-corrected chi connectivity index (χ0v) is 10.3. The topological polar surface area (TPSA) is 83.9 Å². The van der Waals surface area contributed by atoms with Gasteiger partial charge in [0.25, 0.3) is 0 Å². The number of hydrogen-bond acceptors (Lipinski definition) is 4. The SMILES string of the molecule is COC(=O)N1C[C@@H]2CCC(=O)C[C@H]2C[C@@H]1C(=O)O. The summed E-state index contributed by atoms with van der Waals surface area (Å²) in [6.45, 7) is 0.377. The van der Waals surface area contributed by atoms with Crippen molar-refractivity contribution in [2.45, 2.75) is 31.7 Å². The van der Waals surface area contributed by atoms with Crippen molar-refractivity contribution >= 4 is 17.8 Å². The number of likely N-dealkylation sites (tertiary alicyclic amines) is 1. The van der Waals surface area contributed by atoms with Gasteiger partial charge in [0.05, 0.1) is 7.11 Å². The maximum atomic E-state index is 11.6. The highest BCUT2D eigenvalue weighted by Gasteiger charge is 2.43. The number of hydrogen-bond donors (Lipinski definition) is 1. The van der Waals surface area contributed by atoms with Crippen LogP contribution in [-0.2, 0) is 14.3 Å². The van der Waals surface area contributed by atoms with Gasteiger partial charge in [-0.1, -0.05) is 0 Å². The molecule has 1 N–H and O–H groups in total.